The fraction of sp³-hybridized carbons (Fsp3) is 0.304. The Bertz CT molecular complexity index is 957. The largest absolute Gasteiger partial charge is 0.492 e. The van der Waals surface area contributed by atoms with E-state index >= 15 is 0 Å². The Morgan fingerprint density at radius 3 is 2.70 bits per heavy atom. The Hall–Kier alpha value is -2.41. The number of aromatic nitrogens is 1. The third kappa shape index (κ3) is 6.83. The van der Waals surface area contributed by atoms with Gasteiger partial charge in [-0.15, -0.1) is 11.3 Å². The Balaban J connectivity index is 1.53. The number of aryl methyl sites for hydroxylation is 1. The van der Waals surface area contributed by atoms with E-state index < -0.39 is 0 Å². The number of nitrogens with one attached hydrogen (secondary N) is 1. The van der Waals surface area contributed by atoms with Crippen molar-refractivity contribution >= 4 is 34.0 Å². The van der Waals surface area contributed by atoms with Crippen molar-refractivity contribution in [3.63, 3.8) is 0 Å². The van der Waals surface area contributed by atoms with Gasteiger partial charge in [-0.1, -0.05) is 35.9 Å². The molecule has 5 nitrogen and oxygen atoms in total. The van der Waals surface area contributed by atoms with E-state index in [0.29, 0.717) is 18.2 Å². The highest BCUT2D eigenvalue weighted by molar-refractivity contribution is 7.14. The predicted octanol–water partition coefficient (Wildman–Crippen LogP) is 5.37. The molecule has 0 aliphatic heterocycles. The van der Waals surface area contributed by atoms with Gasteiger partial charge in [0.05, 0.1) is 5.69 Å². The zero-order valence-corrected chi connectivity index (χ0v) is 18.8. The maximum Gasteiger partial charge on any atom is 0.226 e. The fourth-order valence-electron chi connectivity index (χ4n) is 2.88. The minimum atomic E-state index is -0.0274. The number of carbonyl (C=O) groups excluding carboxylic acids is 1. The van der Waals surface area contributed by atoms with Crippen LogP contribution < -0.4 is 10.1 Å². The van der Waals surface area contributed by atoms with Gasteiger partial charge in [0.25, 0.3) is 0 Å². The second-order valence-corrected chi connectivity index (χ2v) is 8.51. The van der Waals surface area contributed by atoms with Gasteiger partial charge in [0.15, 0.2) is 5.13 Å². The van der Waals surface area contributed by atoms with Gasteiger partial charge in [-0.25, -0.2) is 4.98 Å². The molecule has 30 heavy (non-hydrogen) atoms. The van der Waals surface area contributed by atoms with E-state index in [-0.39, 0.29) is 5.91 Å². The standard InChI is InChI=1S/C23H26ClN3O2S/c1-27(2)14-15-29-21-8-4-3-7-19(21)20-16-30-23(25-20)26-22(28)9-5-6-17-10-12-18(24)13-11-17/h3-4,7-8,10-13,16H,5-6,9,14-15H2,1-2H3,(H,25,26,28). The molecular formula is C23H26ClN3O2S. The van der Waals surface area contributed by atoms with Gasteiger partial charge >= 0.3 is 0 Å². The quantitative estimate of drug-likeness (QED) is 0.458. The molecule has 1 amide bonds. The van der Waals surface area contributed by atoms with Gasteiger partial charge in [-0.05, 0) is 56.8 Å². The summed E-state index contributed by atoms with van der Waals surface area (Å²) < 4.78 is 5.92. The topological polar surface area (TPSA) is 54.5 Å². The molecule has 7 heteroatoms. The molecule has 0 unspecified atom stereocenters. The minimum Gasteiger partial charge on any atom is -0.492 e. The van der Waals surface area contributed by atoms with Crippen LogP contribution in [0.15, 0.2) is 53.9 Å². The number of anilines is 1. The maximum atomic E-state index is 12.3. The number of benzene rings is 2. The summed E-state index contributed by atoms with van der Waals surface area (Å²) in [5.74, 6) is 0.769. The van der Waals surface area contributed by atoms with Crippen molar-refractivity contribution < 1.29 is 9.53 Å². The first-order valence-corrected chi connectivity index (χ1v) is 11.1. The number of nitrogens with zero attached hydrogens (tertiary/aromatic N) is 2. The van der Waals surface area contributed by atoms with Crippen LogP contribution in [0.3, 0.4) is 0 Å². The molecule has 0 bridgehead atoms. The highest BCUT2D eigenvalue weighted by Crippen LogP contribution is 2.32. The molecule has 1 heterocycles. The average Bonchev–Trinajstić information content (AvgIpc) is 3.18. The van der Waals surface area contributed by atoms with Crippen LogP contribution in [0.4, 0.5) is 5.13 Å². The molecule has 158 valence electrons. The van der Waals surface area contributed by atoms with Gasteiger partial charge in [-0.3, -0.25) is 4.79 Å². The Morgan fingerprint density at radius 1 is 1.17 bits per heavy atom. The number of thiazole rings is 1. The molecule has 0 fully saturated rings. The Labute approximate surface area is 186 Å². The first-order chi connectivity index (χ1) is 14.5. The van der Waals surface area contributed by atoms with E-state index in [1.54, 1.807) is 0 Å². The smallest absolute Gasteiger partial charge is 0.226 e. The lowest BCUT2D eigenvalue weighted by atomic mass is 10.1. The predicted molar refractivity (Wildman–Crippen MR) is 125 cm³/mol. The number of ether oxygens (including phenoxy) is 1. The summed E-state index contributed by atoms with van der Waals surface area (Å²) in [6.45, 7) is 1.44. The maximum absolute atomic E-state index is 12.3. The number of hydrogen-bond acceptors (Lipinski definition) is 5. The monoisotopic (exact) mass is 443 g/mol. The summed E-state index contributed by atoms with van der Waals surface area (Å²) in [6.07, 6.45) is 2.06. The number of halogens is 1. The summed E-state index contributed by atoms with van der Waals surface area (Å²) in [5.41, 5.74) is 2.90. The lowest BCUT2D eigenvalue weighted by Gasteiger charge is -2.13. The van der Waals surface area contributed by atoms with Gasteiger partial charge in [0, 0.05) is 28.9 Å². The molecule has 0 radical (unpaired) electrons. The van der Waals surface area contributed by atoms with Gasteiger partial charge in [-0.2, -0.15) is 0 Å². The molecule has 2 aromatic carbocycles. The first-order valence-electron chi connectivity index (χ1n) is 9.88. The minimum absolute atomic E-state index is 0.0274. The van der Waals surface area contributed by atoms with Crippen molar-refractivity contribution in [2.75, 3.05) is 32.6 Å². The summed E-state index contributed by atoms with van der Waals surface area (Å²) in [6, 6.07) is 15.6. The molecule has 0 atom stereocenters. The van der Waals surface area contributed by atoms with Crippen LogP contribution in [-0.2, 0) is 11.2 Å². The van der Waals surface area contributed by atoms with Crippen molar-refractivity contribution in [3.05, 3.63) is 64.5 Å². The van der Waals surface area contributed by atoms with Crippen LogP contribution in [0.25, 0.3) is 11.3 Å². The number of para-hydroxylation sites is 1. The van der Waals surface area contributed by atoms with Crippen LogP contribution in [0, 0.1) is 0 Å². The van der Waals surface area contributed by atoms with Gasteiger partial charge in [0.2, 0.25) is 5.91 Å². The molecular weight excluding hydrogens is 418 g/mol. The SMILES string of the molecule is CN(C)CCOc1ccccc1-c1csc(NC(=O)CCCc2ccc(Cl)cc2)n1. The number of amides is 1. The van der Waals surface area contributed by atoms with Crippen molar-refractivity contribution in [1.82, 2.24) is 9.88 Å². The van der Waals surface area contributed by atoms with Crippen molar-refractivity contribution in [1.29, 1.82) is 0 Å². The van der Waals surface area contributed by atoms with Crippen molar-refractivity contribution in [2.45, 2.75) is 19.3 Å². The zero-order chi connectivity index (χ0) is 21.3. The molecule has 0 aliphatic carbocycles. The highest BCUT2D eigenvalue weighted by atomic mass is 35.5. The first kappa shape index (κ1) is 22.3. The lowest BCUT2D eigenvalue weighted by molar-refractivity contribution is -0.116. The molecule has 1 aromatic heterocycles. The third-order valence-electron chi connectivity index (χ3n) is 4.49. The van der Waals surface area contributed by atoms with E-state index in [2.05, 4.69) is 15.2 Å². The normalized spacial score (nSPS) is 10.9. The highest BCUT2D eigenvalue weighted by Gasteiger charge is 2.12. The average molecular weight is 444 g/mol. The van der Waals surface area contributed by atoms with E-state index in [0.717, 1.165) is 41.4 Å². The van der Waals surface area contributed by atoms with Gasteiger partial charge in [0.1, 0.15) is 12.4 Å². The molecule has 3 rings (SSSR count). The second-order valence-electron chi connectivity index (χ2n) is 7.21. The zero-order valence-electron chi connectivity index (χ0n) is 17.2. The Kier molecular flexibility index (Phi) is 8.25. The molecule has 1 N–H and O–H groups in total. The number of likely N-dealkylation sites (N-methyl/N-ethyl adjacent to an activating group) is 1. The van der Waals surface area contributed by atoms with E-state index in [1.807, 2.05) is 68.0 Å². The number of carbonyl (C=O) groups is 1. The van der Waals surface area contributed by atoms with Crippen LogP contribution in [-0.4, -0.2) is 43.0 Å². The van der Waals surface area contributed by atoms with Crippen molar-refractivity contribution in [2.24, 2.45) is 0 Å². The summed E-state index contributed by atoms with van der Waals surface area (Å²) >= 11 is 7.32. The van der Waals surface area contributed by atoms with Crippen LogP contribution in [0.5, 0.6) is 5.75 Å². The summed E-state index contributed by atoms with van der Waals surface area (Å²) in [4.78, 5) is 18.9. The molecule has 0 saturated carbocycles. The molecule has 3 aromatic rings. The fourth-order valence-corrected chi connectivity index (χ4v) is 3.74. The Morgan fingerprint density at radius 2 is 1.93 bits per heavy atom. The van der Waals surface area contributed by atoms with Crippen LogP contribution in [0.2, 0.25) is 5.02 Å². The number of hydrogen-bond donors (Lipinski definition) is 1. The molecule has 0 saturated heterocycles. The second kappa shape index (κ2) is 11.1. The summed E-state index contributed by atoms with van der Waals surface area (Å²) in [5, 5.41) is 6.17. The van der Waals surface area contributed by atoms with Crippen LogP contribution in [0.1, 0.15) is 18.4 Å². The summed E-state index contributed by atoms with van der Waals surface area (Å²) in [7, 11) is 4.03. The van der Waals surface area contributed by atoms with Crippen LogP contribution >= 0.6 is 22.9 Å². The number of rotatable bonds is 10. The van der Waals surface area contributed by atoms with Gasteiger partial charge < -0.3 is 15.0 Å². The van der Waals surface area contributed by atoms with E-state index in [4.69, 9.17) is 16.3 Å². The van der Waals surface area contributed by atoms with Crippen molar-refractivity contribution in [3.8, 4) is 17.0 Å². The van der Waals surface area contributed by atoms with E-state index in [1.165, 1.54) is 16.9 Å². The molecule has 0 aliphatic rings. The molecule has 0 spiro atoms. The third-order valence-corrected chi connectivity index (χ3v) is 5.50. The lowest BCUT2D eigenvalue weighted by Crippen LogP contribution is -2.19. The van der Waals surface area contributed by atoms with E-state index in [9.17, 15) is 4.79 Å².